The summed E-state index contributed by atoms with van der Waals surface area (Å²) in [6.07, 6.45) is 2.33. The second-order valence-electron chi connectivity index (χ2n) is 4.70. The number of hydrogen-bond acceptors (Lipinski definition) is 3. The molecule has 3 nitrogen and oxygen atoms in total. The van der Waals surface area contributed by atoms with E-state index in [0.29, 0.717) is 6.42 Å². The highest BCUT2D eigenvalue weighted by atomic mass is 79.9. The highest BCUT2D eigenvalue weighted by Gasteiger charge is 2.32. The van der Waals surface area contributed by atoms with Gasteiger partial charge in [0.1, 0.15) is 6.29 Å². The molecule has 1 heterocycles. The molecule has 5 heteroatoms. The maximum atomic E-state index is 11.7. The van der Waals surface area contributed by atoms with Crippen LogP contribution in [0.4, 0.5) is 0 Å². The van der Waals surface area contributed by atoms with E-state index in [0.717, 1.165) is 22.7 Å². The summed E-state index contributed by atoms with van der Waals surface area (Å²) in [6.45, 7) is 0. The number of carbonyl (C=O) groups is 1. The quantitative estimate of drug-likeness (QED) is 0.800. The summed E-state index contributed by atoms with van der Waals surface area (Å²) in [5.41, 5.74) is 0.884. The Hall–Kier alpha value is -0.680. The zero-order valence-corrected chi connectivity index (χ0v) is 12.3. The first-order valence-electron chi connectivity index (χ1n) is 5.93. The van der Waals surface area contributed by atoms with E-state index in [-0.39, 0.29) is 23.3 Å². The summed E-state index contributed by atoms with van der Waals surface area (Å²) < 4.78 is 24.2. The van der Waals surface area contributed by atoms with Crippen LogP contribution in [0.3, 0.4) is 0 Å². The molecule has 1 aliphatic heterocycles. The summed E-state index contributed by atoms with van der Waals surface area (Å²) in [5, 5.41) is 0. The van der Waals surface area contributed by atoms with Crippen LogP contribution in [-0.2, 0) is 14.6 Å². The number of aldehydes is 1. The molecule has 1 aliphatic rings. The topological polar surface area (TPSA) is 51.2 Å². The van der Waals surface area contributed by atoms with Crippen molar-refractivity contribution in [1.82, 2.24) is 0 Å². The third kappa shape index (κ3) is 3.01. The highest BCUT2D eigenvalue weighted by molar-refractivity contribution is 9.10. The molecule has 0 bridgehead atoms. The fraction of sp³-hybridized carbons (Fsp3) is 0.462. The third-order valence-electron chi connectivity index (χ3n) is 3.42. The van der Waals surface area contributed by atoms with Gasteiger partial charge in [0, 0.05) is 10.4 Å². The van der Waals surface area contributed by atoms with Gasteiger partial charge in [-0.3, -0.25) is 0 Å². The Morgan fingerprint density at radius 3 is 2.67 bits per heavy atom. The van der Waals surface area contributed by atoms with Crippen molar-refractivity contribution in [2.24, 2.45) is 5.92 Å². The van der Waals surface area contributed by atoms with Gasteiger partial charge in [0.15, 0.2) is 9.84 Å². The Labute approximate surface area is 116 Å². The summed E-state index contributed by atoms with van der Waals surface area (Å²) in [4.78, 5) is 11.4. The van der Waals surface area contributed by atoms with Crippen LogP contribution >= 0.6 is 15.9 Å². The van der Waals surface area contributed by atoms with Gasteiger partial charge in [-0.05, 0) is 30.4 Å². The maximum absolute atomic E-state index is 11.7. The zero-order chi connectivity index (χ0) is 13.2. The lowest BCUT2D eigenvalue weighted by atomic mass is 9.85. The van der Waals surface area contributed by atoms with Crippen LogP contribution in [0.5, 0.6) is 0 Å². The number of hydrogen-bond donors (Lipinski definition) is 0. The fourth-order valence-electron chi connectivity index (χ4n) is 2.53. The van der Waals surface area contributed by atoms with Gasteiger partial charge in [-0.15, -0.1) is 0 Å². The Morgan fingerprint density at radius 1 is 1.33 bits per heavy atom. The van der Waals surface area contributed by atoms with Crippen molar-refractivity contribution in [1.29, 1.82) is 0 Å². The largest absolute Gasteiger partial charge is 0.303 e. The first-order valence-corrected chi connectivity index (χ1v) is 8.55. The monoisotopic (exact) mass is 330 g/mol. The molecule has 0 radical (unpaired) electrons. The molecule has 0 aliphatic carbocycles. The minimum absolute atomic E-state index is 0.0973. The van der Waals surface area contributed by atoms with Crippen molar-refractivity contribution in [3.05, 3.63) is 34.3 Å². The van der Waals surface area contributed by atoms with Crippen molar-refractivity contribution in [3.8, 4) is 0 Å². The van der Waals surface area contributed by atoms with Crippen molar-refractivity contribution in [2.45, 2.75) is 18.8 Å². The minimum Gasteiger partial charge on any atom is -0.303 e. The molecule has 98 valence electrons. The van der Waals surface area contributed by atoms with Crippen molar-refractivity contribution < 1.29 is 13.2 Å². The summed E-state index contributed by atoms with van der Waals surface area (Å²) in [6, 6.07) is 7.51. The Bertz CT molecular complexity index is 539. The fourth-order valence-corrected chi connectivity index (χ4v) is 4.87. The van der Waals surface area contributed by atoms with Crippen LogP contribution < -0.4 is 0 Å². The molecule has 1 saturated heterocycles. The number of sulfone groups is 1. The average Bonchev–Trinajstić information content (AvgIpc) is 2.31. The molecular formula is C13H15BrO3S. The van der Waals surface area contributed by atoms with E-state index >= 15 is 0 Å². The molecule has 0 N–H and O–H groups in total. The summed E-state index contributed by atoms with van der Waals surface area (Å²) >= 11 is 3.42. The predicted octanol–water partition coefficient (Wildman–Crippen LogP) is 2.56. The summed E-state index contributed by atoms with van der Waals surface area (Å²) in [7, 11) is -2.98. The Balaban J connectivity index is 2.29. The van der Waals surface area contributed by atoms with E-state index in [4.69, 9.17) is 0 Å². The molecule has 0 saturated carbocycles. The molecule has 0 spiro atoms. The number of halogens is 1. The minimum atomic E-state index is -2.98. The van der Waals surface area contributed by atoms with E-state index in [1.54, 1.807) is 0 Å². The number of carbonyl (C=O) groups excluding carboxylic acids is 1. The molecular weight excluding hydrogens is 316 g/mol. The van der Waals surface area contributed by atoms with Gasteiger partial charge < -0.3 is 4.79 Å². The molecule has 0 aromatic heterocycles. The van der Waals surface area contributed by atoms with Gasteiger partial charge in [-0.25, -0.2) is 8.42 Å². The van der Waals surface area contributed by atoms with Crippen LogP contribution in [0.2, 0.25) is 0 Å². The lowest BCUT2D eigenvalue weighted by Gasteiger charge is -2.27. The van der Waals surface area contributed by atoms with Crippen LogP contribution in [0.1, 0.15) is 24.3 Å². The smallest absolute Gasteiger partial charge is 0.150 e. The molecule has 0 amide bonds. The van der Waals surface area contributed by atoms with E-state index in [1.165, 1.54) is 0 Å². The Kier molecular flexibility index (Phi) is 4.22. The number of rotatable bonds is 3. The van der Waals surface area contributed by atoms with Crippen LogP contribution in [-0.4, -0.2) is 26.2 Å². The average molecular weight is 331 g/mol. The molecule has 2 rings (SSSR count). The van der Waals surface area contributed by atoms with Crippen molar-refractivity contribution >= 4 is 32.1 Å². The van der Waals surface area contributed by atoms with Gasteiger partial charge in [-0.2, -0.15) is 0 Å². The van der Waals surface area contributed by atoms with Gasteiger partial charge in [0.25, 0.3) is 0 Å². The normalized spacial score (nSPS) is 24.4. The Morgan fingerprint density at radius 2 is 2.06 bits per heavy atom. The van der Waals surface area contributed by atoms with Gasteiger partial charge >= 0.3 is 0 Å². The van der Waals surface area contributed by atoms with E-state index in [9.17, 15) is 13.2 Å². The number of benzene rings is 1. The van der Waals surface area contributed by atoms with E-state index < -0.39 is 9.84 Å². The lowest BCUT2D eigenvalue weighted by Crippen LogP contribution is -2.30. The molecule has 18 heavy (non-hydrogen) atoms. The molecule has 1 aromatic carbocycles. The van der Waals surface area contributed by atoms with Gasteiger partial charge in [-0.1, -0.05) is 34.1 Å². The van der Waals surface area contributed by atoms with Crippen LogP contribution in [0.15, 0.2) is 28.7 Å². The highest BCUT2D eigenvalue weighted by Crippen LogP contribution is 2.34. The first kappa shape index (κ1) is 13.7. The first-order chi connectivity index (χ1) is 8.53. The van der Waals surface area contributed by atoms with E-state index in [1.807, 2.05) is 24.3 Å². The standard InChI is InChI=1S/C13H15BrO3S/c14-13-6-2-1-5-11(13)12(8-15)10-4-3-7-18(16,17)9-10/h1-2,5-6,8,10,12H,3-4,7,9H2. The molecule has 2 atom stereocenters. The van der Waals surface area contributed by atoms with Crippen LogP contribution in [0, 0.1) is 5.92 Å². The maximum Gasteiger partial charge on any atom is 0.150 e. The lowest BCUT2D eigenvalue weighted by molar-refractivity contribution is -0.110. The molecule has 2 unspecified atom stereocenters. The zero-order valence-electron chi connectivity index (χ0n) is 9.88. The molecule has 1 fully saturated rings. The van der Waals surface area contributed by atoms with Gasteiger partial charge in [0.05, 0.1) is 11.5 Å². The third-order valence-corrected chi connectivity index (χ3v) is 5.99. The van der Waals surface area contributed by atoms with Crippen LogP contribution in [0.25, 0.3) is 0 Å². The summed E-state index contributed by atoms with van der Waals surface area (Å²) in [5.74, 6) is -0.0569. The molecule has 1 aromatic rings. The van der Waals surface area contributed by atoms with E-state index in [2.05, 4.69) is 15.9 Å². The van der Waals surface area contributed by atoms with Crippen molar-refractivity contribution in [2.75, 3.05) is 11.5 Å². The predicted molar refractivity (Wildman–Crippen MR) is 74.3 cm³/mol. The van der Waals surface area contributed by atoms with Crippen molar-refractivity contribution in [3.63, 3.8) is 0 Å². The SMILES string of the molecule is O=CC(c1ccccc1Br)C1CCCS(=O)(=O)C1. The second kappa shape index (κ2) is 5.53. The second-order valence-corrected chi connectivity index (χ2v) is 7.78. The van der Waals surface area contributed by atoms with Gasteiger partial charge in [0.2, 0.25) is 0 Å².